The molecule has 5 rings (SSSR count). The molecule has 4 aromatic rings. The molecule has 0 N–H and O–H groups in total. The van der Waals surface area contributed by atoms with Crippen LogP contribution in [0.15, 0.2) is 46.9 Å². The van der Waals surface area contributed by atoms with Crippen LogP contribution in [0, 0.1) is 20.8 Å². The number of piperazine rings is 1. The zero-order valence-corrected chi connectivity index (χ0v) is 17.5. The number of benzene rings is 2. The van der Waals surface area contributed by atoms with Crippen molar-refractivity contribution >= 4 is 22.3 Å². The number of aromatic nitrogens is 4. The molecular weight excluding hydrogens is 376 g/mol. The highest BCUT2D eigenvalue weighted by Gasteiger charge is 2.23. The summed E-state index contributed by atoms with van der Waals surface area (Å²) in [6, 6.07) is 14.7. The first-order valence-electron chi connectivity index (χ1n) is 10.2. The third-order valence-electron chi connectivity index (χ3n) is 5.89. The van der Waals surface area contributed by atoms with Gasteiger partial charge in [-0.05, 0) is 31.0 Å². The first kappa shape index (κ1) is 18.5. The zero-order chi connectivity index (χ0) is 20.7. The van der Waals surface area contributed by atoms with Crippen molar-refractivity contribution in [3.05, 3.63) is 59.5 Å². The van der Waals surface area contributed by atoms with Crippen LogP contribution in [0.3, 0.4) is 0 Å². The molecule has 0 saturated carbocycles. The summed E-state index contributed by atoms with van der Waals surface area (Å²) in [5.74, 6) is 1.83. The number of anilines is 2. The van der Waals surface area contributed by atoms with Gasteiger partial charge in [-0.1, -0.05) is 36.4 Å². The highest BCUT2D eigenvalue weighted by atomic mass is 16.4. The predicted octanol–water partition coefficient (Wildman–Crippen LogP) is 3.93. The minimum atomic E-state index is 0.405. The fourth-order valence-corrected chi connectivity index (χ4v) is 4.11. The molecule has 1 fully saturated rings. The van der Waals surface area contributed by atoms with Gasteiger partial charge < -0.3 is 14.2 Å². The van der Waals surface area contributed by atoms with Gasteiger partial charge in [0.05, 0.1) is 0 Å². The lowest BCUT2D eigenvalue weighted by atomic mass is 10.1. The summed E-state index contributed by atoms with van der Waals surface area (Å²) in [7, 11) is 0. The quantitative estimate of drug-likeness (QED) is 0.516. The standard InChI is InChI=1S/C23H24N6O/c1-15-7-6-10-20(16(15)2)28-11-13-29(14-12-28)22-19-9-5-4-8-18(19)21(25-26-22)23-27-24-17(3)30-23/h4-10H,11-14H2,1-3H3. The van der Waals surface area contributed by atoms with Crippen LogP contribution < -0.4 is 9.80 Å². The van der Waals surface area contributed by atoms with Crippen molar-refractivity contribution in [2.75, 3.05) is 36.0 Å². The Kier molecular flexibility index (Phi) is 4.58. The van der Waals surface area contributed by atoms with Gasteiger partial charge in [0.2, 0.25) is 5.89 Å². The van der Waals surface area contributed by atoms with Crippen LogP contribution in [0.2, 0.25) is 0 Å². The SMILES string of the molecule is Cc1nnc(-c2nnc(N3CCN(c4cccc(C)c4C)CC3)c3ccccc23)o1. The molecule has 2 aromatic carbocycles. The first-order chi connectivity index (χ1) is 14.6. The molecule has 1 aliphatic heterocycles. The molecule has 7 heteroatoms. The summed E-state index contributed by atoms with van der Waals surface area (Å²) in [6.45, 7) is 9.83. The van der Waals surface area contributed by atoms with E-state index in [0.29, 0.717) is 17.5 Å². The van der Waals surface area contributed by atoms with E-state index in [4.69, 9.17) is 4.42 Å². The van der Waals surface area contributed by atoms with Crippen molar-refractivity contribution in [2.24, 2.45) is 0 Å². The molecule has 0 bridgehead atoms. The van der Waals surface area contributed by atoms with Gasteiger partial charge in [0.25, 0.3) is 5.89 Å². The number of hydrogen-bond acceptors (Lipinski definition) is 7. The first-order valence-corrected chi connectivity index (χ1v) is 10.2. The van der Waals surface area contributed by atoms with Gasteiger partial charge in [-0.15, -0.1) is 20.4 Å². The summed E-state index contributed by atoms with van der Waals surface area (Å²) in [5.41, 5.74) is 4.64. The van der Waals surface area contributed by atoms with Crippen molar-refractivity contribution in [3.8, 4) is 11.6 Å². The lowest BCUT2D eigenvalue weighted by Gasteiger charge is -2.37. The molecule has 152 valence electrons. The van der Waals surface area contributed by atoms with Gasteiger partial charge in [0, 0.05) is 49.6 Å². The Hall–Kier alpha value is -3.48. The van der Waals surface area contributed by atoms with Crippen LogP contribution in [0.4, 0.5) is 11.5 Å². The number of nitrogens with zero attached hydrogens (tertiary/aromatic N) is 6. The third kappa shape index (κ3) is 3.16. The number of aryl methyl sites for hydroxylation is 2. The summed E-state index contributed by atoms with van der Waals surface area (Å²) < 4.78 is 5.60. The second-order valence-electron chi connectivity index (χ2n) is 7.74. The number of fused-ring (bicyclic) bond motifs is 1. The van der Waals surface area contributed by atoms with Crippen molar-refractivity contribution in [1.82, 2.24) is 20.4 Å². The van der Waals surface area contributed by atoms with Crippen LogP contribution in [-0.4, -0.2) is 46.6 Å². The van der Waals surface area contributed by atoms with E-state index in [9.17, 15) is 0 Å². The second kappa shape index (κ2) is 7.40. The zero-order valence-electron chi connectivity index (χ0n) is 17.5. The monoisotopic (exact) mass is 400 g/mol. The summed E-state index contributed by atoms with van der Waals surface area (Å²) >= 11 is 0. The summed E-state index contributed by atoms with van der Waals surface area (Å²) in [5, 5.41) is 19.1. The topological polar surface area (TPSA) is 71.2 Å². The Balaban J connectivity index is 1.45. The Morgan fingerprint density at radius 1 is 0.733 bits per heavy atom. The van der Waals surface area contributed by atoms with E-state index in [1.807, 2.05) is 18.2 Å². The van der Waals surface area contributed by atoms with E-state index in [2.05, 4.69) is 68.3 Å². The van der Waals surface area contributed by atoms with Crippen molar-refractivity contribution < 1.29 is 4.42 Å². The maximum atomic E-state index is 5.60. The summed E-state index contributed by atoms with van der Waals surface area (Å²) in [6.07, 6.45) is 0. The number of hydrogen-bond donors (Lipinski definition) is 0. The normalized spacial score (nSPS) is 14.5. The average Bonchev–Trinajstić information content (AvgIpc) is 3.21. The van der Waals surface area contributed by atoms with Crippen molar-refractivity contribution in [2.45, 2.75) is 20.8 Å². The van der Waals surface area contributed by atoms with Gasteiger partial charge >= 0.3 is 0 Å². The van der Waals surface area contributed by atoms with E-state index >= 15 is 0 Å². The largest absolute Gasteiger partial charge is 0.420 e. The minimum absolute atomic E-state index is 0.405. The molecule has 0 unspecified atom stereocenters. The third-order valence-corrected chi connectivity index (χ3v) is 5.89. The maximum Gasteiger partial charge on any atom is 0.268 e. The molecule has 0 atom stereocenters. The Labute approximate surface area is 175 Å². The van der Waals surface area contributed by atoms with Crippen molar-refractivity contribution in [3.63, 3.8) is 0 Å². The Morgan fingerprint density at radius 2 is 1.47 bits per heavy atom. The lowest BCUT2D eigenvalue weighted by molar-refractivity contribution is 0.530. The average molecular weight is 400 g/mol. The van der Waals surface area contributed by atoms with E-state index in [0.717, 1.165) is 42.8 Å². The van der Waals surface area contributed by atoms with E-state index < -0.39 is 0 Å². The maximum absolute atomic E-state index is 5.60. The van der Waals surface area contributed by atoms with Crippen LogP contribution in [0.1, 0.15) is 17.0 Å². The molecule has 1 saturated heterocycles. The predicted molar refractivity (Wildman–Crippen MR) is 118 cm³/mol. The molecule has 0 amide bonds. The minimum Gasteiger partial charge on any atom is -0.420 e. The molecule has 2 aromatic heterocycles. The van der Waals surface area contributed by atoms with E-state index in [1.165, 1.54) is 16.8 Å². The molecule has 30 heavy (non-hydrogen) atoms. The molecule has 0 aliphatic carbocycles. The van der Waals surface area contributed by atoms with Gasteiger partial charge in [-0.25, -0.2) is 0 Å². The fraction of sp³-hybridized carbons (Fsp3) is 0.304. The molecule has 3 heterocycles. The Bertz CT molecular complexity index is 1210. The summed E-state index contributed by atoms with van der Waals surface area (Å²) in [4.78, 5) is 4.78. The molecular formula is C23H24N6O. The Morgan fingerprint density at radius 3 is 2.20 bits per heavy atom. The fourth-order valence-electron chi connectivity index (χ4n) is 4.11. The van der Waals surface area contributed by atoms with E-state index in [1.54, 1.807) is 6.92 Å². The molecule has 1 aliphatic rings. The highest BCUT2D eigenvalue weighted by molar-refractivity contribution is 5.99. The van der Waals surface area contributed by atoms with Crippen LogP contribution >= 0.6 is 0 Å². The lowest BCUT2D eigenvalue weighted by Crippen LogP contribution is -2.47. The smallest absolute Gasteiger partial charge is 0.268 e. The van der Waals surface area contributed by atoms with Gasteiger partial charge in [0.15, 0.2) is 11.5 Å². The molecule has 0 spiro atoms. The van der Waals surface area contributed by atoms with Gasteiger partial charge in [-0.3, -0.25) is 0 Å². The van der Waals surface area contributed by atoms with E-state index in [-0.39, 0.29) is 0 Å². The molecule has 0 radical (unpaired) electrons. The van der Waals surface area contributed by atoms with Gasteiger partial charge in [0.1, 0.15) is 0 Å². The van der Waals surface area contributed by atoms with Crippen LogP contribution in [0.25, 0.3) is 22.4 Å². The molecule has 7 nitrogen and oxygen atoms in total. The van der Waals surface area contributed by atoms with Crippen LogP contribution in [0.5, 0.6) is 0 Å². The highest BCUT2D eigenvalue weighted by Crippen LogP contribution is 2.32. The van der Waals surface area contributed by atoms with Crippen LogP contribution in [-0.2, 0) is 0 Å². The van der Waals surface area contributed by atoms with Gasteiger partial charge in [-0.2, -0.15) is 0 Å². The van der Waals surface area contributed by atoms with Crippen molar-refractivity contribution in [1.29, 1.82) is 0 Å². The number of rotatable bonds is 3. The second-order valence-corrected chi connectivity index (χ2v) is 7.74.